The molecule has 0 saturated carbocycles. The van der Waals surface area contributed by atoms with Crippen molar-refractivity contribution in [3.05, 3.63) is 51.5 Å². The van der Waals surface area contributed by atoms with Crippen LogP contribution in [0.3, 0.4) is 0 Å². The zero-order valence-corrected chi connectivity index (χ0v) is 14.1. The molecule has 1 saturated heterocycles. The van der Waals surface area contributed by atoms with Crippen LogP contribution >= 0.6 is 0 Å². The van der Waals surface area contributed by atoms with Gasteiger partial charge in [0.05, 0.1) is 21.9 Å². The first kappa shape index (κ1) is 16.6. The number of nitrogens with one attached hydrogen (secondary N) is 1. The molecule has 1 unspecified atom stereocenters. The van der Waals surface area contributed by atoms with E-state index in [9.17, 15) is 15.4 Å². The molecule has 0 amide bonds. The van der Waals surface area contributed by atoms with Crippen LogP contribution in [0.2, 0.25) is 0 Å². The van der Waals surface area contributed by atoms with Crippen LogP contribution < -0.4 is 10.2 Å². The first-order valence-corrected chi connectivity index (χ1v) is 7.98. The van der Waals surface area contributed by atoms with Gasteiger partial charge in [-0.15, -0.1) is 0 Å². The predicted octanol–water partition coefficient (Wildman–Crippen LogP) is 2.56. The number of anilines is 2. The Balaban J connectivity index is 1.72. The summed E-state index contributed by atoms with van der Waals surface area (Å²) in [5, 5.41) is 23.4. The molecule has 128 valence electrons. The minimum atomic E-state index is -0.467. The van der Waals surface area contributed by atoms with Gasteiger partial charge in [-0.3, -0.25) is 15.1 Å². The number of nitro groups is 1. The molecule has 8 heteroatoms. The van der Waals surface area contributed by atoms with Gasteiger partial charge in [-0.05, 0) is 32.4 Å². The zero-order chi connectivity index (χ0) is 18.0. The first-order valence-electron chi connectivity index (χ1n) is 7.98. The fraction of sp³-hybridized carbons (Fsp3) is 0.353. The van der Waals surface area contributed by atoms with E-state index in [-0.39, 0.29) is 11.7 Å². The second-order valence-electron chi connectivity index (χ2n) is 6.09. The van der Waals surface area contributed by atoms with Gasteiger partial charge in [0.15, 0.2) is 0 Å². The Morgan fingerprint density at radius 3 is 2.88 bits per heavy atom. The van der Waals surface area contributed by atoms with E-state index in [2.05, 4.69) is 26.3 Å². The van der Waals surface area contributed by atoms with E-state index in [1.165, 1.54) is 12.3 Å². The van der Waals surface area contributed by atoms with Crippen molar-refractivity contribution < 1.29 is 4.92 Å². The van der Waals surface area contributed by atoms with E-state index in [1.807, 2.05) is 19.9 Å². The number of nitriles is 1. The normalized spacial score (nSPS) is 16.5. The molecule has 0 bridgehead atoms. The Bertz CT molecular complexity index is 843. The van der Waals surface area contributed by atoms with Crippen LogP contribution in [0.5, 0.6) is 0 Å². The lowest BCUT2D eigenvalue weighted by Crippen LogP contribution is -2.27. The molecule has 0 aliphatic carbocycles. The van der Waals surface area contributed by atoms with Gasteiger partial charge in [0, 0.05) is 30.9 Å². The third kappa shape index (κ3) is 3.50. The van der Waals surface area contributed by atoms with Gasteiger partial charge in [-0.1, -0.05) is 0 Å². The minimum absolute atomic E-state index is 0.0278. The van der Waals surface area contributed by atoms with Crippen molar-refractivity contribution in [3.8, 4) is 6.07 Å². The lowest BCUT2D eigenvalue weighted by Gasteiger charge is -2.21. The number of aromatic nitrogens is 2. The van der Waals surface area contributed by atoms with Gasteiger partial charge in [0.1, 0.15) is 18.1 Å². The van der Waals surface area contributed by atoms with Crippen molar-refractivity contribution in [1.82, 2.24) is 9.97 Å². The lowest BCUT2D eigenvalue weighted by molar-refractivity contribution is -0.385. The van der Waals surface area contributed by atoms with Gasteiger partial charge in [0.25, 0.3) is 5.69 Å². The zero-order valence-electron chi connectivity index (χ0n) is 14.1. The van der Waals surface area contributed by atoms with Crippen LogP contribution in [0.25, 0.3) is 0 Å². The van der Waals surface area contributed by atoms with E-state index in [1.54, 1.807) is 6.07 Å². The van der Waals surface area contributed by atoms with Crippen LogP contribution in [0, 0.1) is 35.3 Å². The fourth-order valence-electron chi connectivity index (χ4n) is 3.08. The fourth-order valence-corrected chi connectivity index (χ4v) is 3.08. The number of pyridine rings is 2. The van der Waals surface area contributed by atoms with Gasteiger partial charge in [0.2, 0.25) is 0 Å². The number of rotatable bonds is 4. The molecule has 2 aromatic rings. The number of nitrogens with zero attached hydrogens (tertiary/aromatic N) is 5. The number of hydrogen-bond donors (Lipinski definition) is 1. The smallest absolute Gasteiger partial charge is 0.287 e. The van der Waals surface area contributed by atoms with Crippen molar-refractivity contribution in [2.45, 2.75) is 26.3 Å². The van der Waals surface area contributed by atoms with Gasteiger partial charge >= 0.3 is 0 Å². The van der Waals surface area contributed by atoms with Crippen LogP contribution in [-0.4, -0.2) is 34.0 Å². The number of hydrogen-bond acceptors (Lipinski definition) is 7. The second kappa shape index (κ2) is 6.73. The van der Waals surface area contributed by atoms with Crippen LogP contribution in [0.1, 0.15) is 23.4 Å². The lowest BCUT2D eigenvalue weighted by atomic mass is 10.1. The Kier molecular flexibility index (Phi) is 4.48. The molecular formula is C17H18N6O2. The topological polar surface area (TPSA) is 108 Å². The van der Waals surface area contributed by atoms with Crippen molar-refractivity contribution in [3.63, 3.8) is 0 Å². The van der Waals surface area contributed by atoms with Crippen LogP contribution in [0.4, 0.5) is 17.2 Å². The molecule has 1 aliphatic heterocycles. The molecule has 8 nitrogen and oxygen atoms in total. The van der Waals surface area contributed by atoms with E-state index in [4.69, 9.17) is 0 Å². The van der Waals surface area contributed by atoms with Gasteiger partial charge < -0.3 is 10.2 Å². The molecule has 2 aromatic heterocycles. The second-order valence-corrected chi connectivity index (χ2v) is 6.09. The average molecular weight is 338 g/mol. The maximum absolute atomic E-state index is 10.7. The summed E-state index contributed by atoms with van der Waals surface area (Å²) < 4.78 is 0. The molecule has 3 rings (SSSR count). The Labute approximate surface area is 145 Å². The maximum atomic E-state index is 10.7. The SMILES string of the molecule is Cc1cc(N2CCC(Nc3ccc([N+](=O)[O-])cn3)C2)c(C#N)c(C)n1. The summed E-state index contributed by atoms with van der Waals surface area (Å²) in [7, 11) is 0. The summed E-state index contributed by atoms with van der Waals surface area (Å²) in [6.07, 6.45) is 2.14. The molecule has 1 N–H and O–H groups in total. The highest BCUT2D eigenvalue weighted by Crippen LogP contribution is 2.27. The van der Waals surface area contributed by atoms with Gasteiger partial charge in [-0.25, -0.2) is 4.98 Å². The molecular weight excluding hydrogens is 320 g/mol. The third-order valence-electron chi connectivity index (χ3n) is 4.26. The monoisotopic (exact) mass is 338 g/mol. The quantitative estimate of drug-likeness (QED) is 0.674. The third-order valence-corrected chi connectivity index (χ3v) is 4.26. The maximum Gasteiger partial charge on any atom is 0.287 e. The predicted molar refractivity (Wildman–Crippen MR) is 93.6 cm³/mol. The molecule has 3 heterocycles. The van der Waals surface area contributed by atoms with Crippen molar-refractivity contribution in [1.29, 1.82) is 5.26 Å². The molecule has 1 atom stereocenters. The van der Waals surface area contributed by atoms with Crippen molar-refractivity contribution in [2.75, 3.05) is 23.3 Å². The van der Waals surface area contributed by atoms with Gasteiger partial charge in [-0.2, -0.15) is 5.26 Å². The largest absolute Gasteiger partial charge is 0.368 e. The Hall–Kier alpha value is -3.21. The summed E-state index contributed by atoms with van der Waals surface area (Å²) in [6.45, 7) is 5.32. The van der Waals surface area contributed by atoms with E-state index >= 15 is 0 Å². The Morgan fingerprint density at radius 2 is 2.24 bits per heavy atom. The molecule has 0 radical (unpaired) electrons. The van der Waals surface area contributed by atoms with E-state index in [0.29, 0.717) is 11.4 Å². The molecule has 25 heavy (non-hydrogen) atoms. The van der Waals surface area contributed by atoms with E-state index in [0.717, 1.165) is 36.6 Å². The highest BCUT2D eigenvalue weighted by Gasteiger charge is 2.25. The van der Waals surface area contributed by atoms with Crippen molar-refractivity contribution >= 4 is 17.2 Å². The van der Waals surface area contributed by atoms with E-state index < -0.39 is 4.92 Å². The highest BCUT2D eigenvalue weighted by molar-refractivity contribution is 5.62. The van der Waals surface area contributed by atoms with Crippen molar-refractivity contribution in [2.24, 2.45) is 0 Å². The summed E-state index contributed by atoms with van der Waals surface area (Å²) in [4.78, 5) is 20.8. The molecule has 1 fully saturated rings. The molecule has 0 spiro atoms. The Morgan fingerprint density at radius 1 is 1.44 bits per heavy atom. The summed E-state index contributed by atoms with van der Waals surface area (Å²) >= 11 is 0. The molecule has 1 aliphatic rings. The first-order chi connectivity index (χ1) is 12.0. The van der Waals surface area contributed by atoms with Crippen LogP contribution in [-0.2, 0) is 0 Å². The standard InChI is InChI=1S/C17H18N6O2/c1-11-7-16(15(8-18)12(2)20-11)22-6-5-13(10-22)21-17-4-3-14(9-19-17)23(24)25/h3-4,7,9,13H,5-6,10H2,1-2H3,(H,19,21). The molecule has 0 aromatic carbocycles. The van der Waals surface area contributed by atoms with Crippen LogP contribution in [0.15, 0.2) is 24.4 Å². The summed E-state index contributed by atoms with van der Waals surface area (Å²) in [5.41, 5.74) is 3.12. The average Bonchev–Trinajstić information content (AvgIpc) is 3.03. The number of aryl methyl sites for hydroxylation is 2. The summed E-state index contributed by atoms with van der Waals surface area (Å²) in [5.74, 6) is 0.611. The minimum Gasteiger partial charge on any atom is -0.368 e. The summed E-state index contributed by atoms with van der Waals surface area (Å²) in [6, 6.07) is 7.40. The highest BCUT2D eigenvalue weighted by atomic mass is 16.6.